The molecule has 0 radical (unpaired) electrons. The van der Waals surface area contributed by atoms with Gasteiger partial charge in [-0.15, -0.1) is 0 Å². The largest absolute Gasteiger partial charge is 0.508 e. The molecule has 100 valence electrons. The number of halogens is 1. The van der Waals surface area contributed by atoms with Crippen molar-refractivity contribution in [3.05, 3.63) is 29.6 Å². The lowest BCUT2D eigenvalue weighted by atomic mass is 9.98. The second kappa shape index (κ2) is 6.16. The second-order valence-corrected chi connectivity index (χ2v) is 4.79. The molecule has 0 unspecified atom stereocenters. The Morgan fingerprint density at radius 1 is 1.39 bits per heavy atom. The van der Waals surface area contributed by atoms with E-state index >= 15 is 0 Å². The summed E-state index contributed by atoms with van der Waals surface area (Å²) in [6, 6.07) is 4.35. The number of phenols is 1. The van der Waals surface area contributed by atoms with Crippen LogP contribution in [0.5, 0.6) is 5.75 Å². The third-order valence-corrected chi connectivity index (χ3v) is 3.50. The Bertz CT molecular complexity index is 391. The maximum absolute atomic E-state index is 13.4. The standard InChI is InChI=1S/C14H21FN2O/c1-2-3-13(17-8-6-16-7-9-17)12-10-11(15)4-5-14(12)18/h4-5,10,13,16,18H,2-3,6-9H2,1H3/t13-/m0/s1. The van der Waals surface area contributed by atoms with Crippen molar-refractivity contribution in [2.75, 3.05) is 26.2 Å². The molecular formula is C14H21FN2O. The Kier molecular flexibility index (Phi) is 4.55. The lowest BCUT2D eigenvalue weighted by Gasteiger charge is -2.35. The molecule has 1 aliphatic heterocycles. The number of piperazine rings is 1. The van der Waals surface area contributed by atoms with Crippen LogP contribution in [0.3, 0.4) is 0 Å². The molecule has 2 rings (SSSR count). The number of hydrogen-bond donors (Lipinski definition) is 2. The lowest BCUT2D eigenvalue weighted by Crippen LogP contribution is -2.45. The van der Waals surface area contributed by atoms with E-state index in [0.717, 1.165) is 44.6 Å². The van der Waals surface area contributed by atoms with Crippen LogP contribution in [-0.4, -0.2) is 36.2 Å². The van der Waals surface area contributed by atoms with Crippen LogP contribution in [0.4, 0.5) is 4.39 Å². The number of nitrogens with zero attached hydrogens (tertiary/aromatic N) is 1. The van der Waals surface area contributed by atoms with Crippen LogP contribution in [0.2, 0.25) is 0 Å². The zero-order valence-corrected chi connectivity index (χ0v) is 10.8. The molecule has 0 aliphatic carbocycles. The van der Waals surface area contributed by atoms with Gasteiger partial charge in [0, 0.05) is 37.8 Å². The molecule has 0 amide bonds. The predicted octanol–water partition coefficient (Wildman–Crippen LogP) is 2.28. The summed E-state index contributed by atoms with van der Waals surface area (Å²) < 4.78 is 13.4. The number of phenolic OH excluding ortho intramolecular Hbond substituents is 1. The summed E-state index contributed by atoms with van der Waals surface area (Å²) in [6.45, 7) is 5.92. The Morgan fingerprint density at radius 3 is 2.78 bits per heavy atom. The molecule has 1 atom stereocenters. The van der Waals surface area contributed by atoms with E-state index < -0.39 is 0 Å². The molecule has 1 aromatic rings. The van der Waals surface area contributed by atoms with Crippen LogP contribution >= 0.6 is 0 Å². The first-order valence-corrected chi connectivity index (χ1v) is 6.65. The highest BCUT2D eigenvalue weighted by Crippen LogP contribution is 2.32. The van der Waals surface area contributed by atoms with Gasteiger partial charge < -0.3 is 10.4 Å². The smallest absolute Gasteiger partial charge is 0.123 e. The fraction of sp³-hybridized carbons (Fsp3) is 0.571. The van der Waals surface area contributed by atoms with Gasteiger partial charge >= 0.3 is 0 Å². The third kappa shape index (κ3) is 3.00. The first-order chi connectivity index (χ1) is 8.72. The Hall–Kier alpha value is -1.13. The lowest BCUT2D eigenvalue weighted by molar-refractivity contribution is 0.162. The van der Waals surface area contributed by atoms with E-state index in [0.29, 0.717) is 0 Å². The summed E-state index contributed by atoms with van der Waals surface area (Å²) in [4.78, 5) is 2.33. The van der Waals surface area contributed by atoms with Gasteiger partial charge in [-0.3, -0.25) is 4.90 Å². The van der Waals surface area contributed by atoms with Crippen molar-refractivity contribution >= 4 is 0 Å². The molecule has 1 aliphatic rings. The van der Waals surface area contributed by atoms with Gasteiger partial charge in [0.05, 0.1) is 0 Å². The first kappa shape index (κ1) is 13.3. The fourth-order valence-corrected chi connectivity index (χ4v) is 2.59. The van der Waals surface area contributed by atoms with Gasteiger partial charge in [-0.2, -0.15) is 0 Å². The summed E-state index contributed by atoms with van der Waals surface area (Å²) in [7, 11) is 0. The molecule has 0 bridgehead atoms. The van der Waals surface area contributed by atoms with Crippen LogP contribution in [0.25, 0.3) is 0 Å². The minimum absolute atomic E-state index is 0.118. The quantitative estimate of drug-likeness (QED) is 0.863. The van der Waals surface area contributed by atoms with E-state index in [1.165, 1.54) is 18.2 Å². The fourth-order valence-electron chi connectivity index (χ4n) is 2.59. The summed E-state index contributed by atoms with van der Waals surface area (Å²) in [6.07, 6.45) is 1.96. The maximum Gasteiger partial charge on any atom is 0.123 e. The minimum Gasteiger partial charge on any atom is -0.508 e. The molecule has 0 spiro atoms. The second-order valence-electron chi connectivity index (χ2n) is 4.79. The van der Waals surface area contributed by atoms with E-state index in [-0.39, 0.29) is 17.6 Å². The highest BCUT2D eigenvalue weighted by atomic mass is 19.1. The summed E-state index contributed by atoms with van der Waals surface area (Å²) in [5.74, 6) is -0.0765. The first-order valence-electron chi connectivity index (χ1n) is 6.65. The Balaban J connectivity index is 2.24. The average Bonchev–Trinajstić information content (AvgIpc) is 2.40. The maximum atomic E-state index is 13.4. The topological polar surface area (TPSA) is 35.5 Å². The summed E-state index contributed by atoms with van der Waals surface area (Å²) >= 11 is 0. The Labute approximate surface area is 108 Å². The number of benzene rings is 1. The molecule has 1 saturated heterocycles. The van der Waals surface area contributed by atoms with E-state index in [4.69, 9.17) is 0 Å². The molecule has 0 saturated carbocycles. The average molecular weight is 252 g/mol. The van der Waals surface area contributed by atoms with Crippen LogP contribution in [0.15, 0.2) is 18.2 Å². The molecule has 1 heterocycles. The monoisotopic (exact) mass is 252 g/mol. The zero-order chi connectivity index (χ0) is 13.0. The molecule has 1 aromatic carbocycles. The van der Waals surface area contributed by atoms with Gasteiger partial charge in [0.15, 0.2) is 0 Å². The summed E-state index contributed by atoms with van der Waals surface area (Å²) in [5, 5.41) is 13.3. The highest BCUT2D eigenvalue weighted by molar-refractivity contribution is 5.35. The molecule has 0 aromatic heterocycles. The van der Waals surface area contributed by atoms with Crippen molar-refractivity contribution < 1.29 is 9.50 Å². The van der Waals surface area contributed by atoms with Crippen molar-refractivity contribution in [3.63, 3.8) is 0 Å². The van der Waals surface area contributed by atoms with Crippen molar-refractivity contribution in [2.24, 2.45) is 0 Å². The van der Waals surface area contributed by atoms with Crippen LogP contribution in [0.1, 0.15) is 31.4 Å². The van der Waals surface area contributed by atoms with Crippen molar-refractivity contribution in [1.29, 1.82) is 0 Å². The van der Waals surface area contributed by atoms with Crippen LogP contribution < -0.4 is 5.32 Å². The van der Waals surface area contributed by atoms with Crippen LogP contribution in [0, 0.1) is 5.82 Å². The SMILES string of the molecule is CCC[C@@H](c1cc(F)ccc1O)N1CCNCC1. The molecule has 4 heteroatoms. The number of hydrogen-bond acceptors (Lipinski definition) is 3. The van der Waals surface area contributed by atoms with Gasteiger partial charge in [0.1, 0.15) is 11.6 Å². The minimum atomic E-state index is -0.279. The highest BCUT2D eigenvalue weighted by Gasteiger charge is 2.23. The predicted molar refractivity (Wildman–Crippen MR) is 70.2 cm³/mol. The third-order valence-electron chi connectivity index (χ3n) is 3.50. The van der Waals surface area contributed by atoms with Crippen LogP contribution in [-0.2, 0) is 0 Å². The van der Waals surface area contributed by atoms with Gasteiger partial charge in [-0.05, 0) is 24.6 Å². The molecule has 3 nitrogen and oxygen atoms in total. The van der Waals surface area contributed by atoms with Gasteiger partial charge in [-0.25, -0.2) is 4.39 Å². The number of rotatable bonds is 4. The number of aromatic hydroxyl groups is 1. The molecule has 2 N–H and O–H groups in total. The zero-order valence-electron chi connectivity index (χ0n) is 10.8. The Morgan fingerprint density at radius 2 is 2.11 bits per heavy atom. The molecule has 1 fully saturated rings. The van der Waals surface area contributed by atoms with Gasteiger partial charge in [0.25, 0.3) is 0 Å². The van der Waals surface area contributed by atoms with Crippen molar-refractivity contribution in [3.8, 4) is 5.75 Å². The van der Waals surface area contributed by atoms with E-state index in [2.05, 4.69) is 17.1 Å². The van der Waals surface area contributed by atoms with Gasteiger partial charge in [0.2, 0.25) is 0 Å². The van der Waals surface area contributed by atoms with E-state index in [1.54, 1.807) is 0 Å². The molecule has 18 heavy (non-hydrogen) atoms. The normalized spacial score (nSPS) is 18.8. The van der Waals surface area contributed by atoms with E-state index in [1.807, 2.05) is 0 Å². The number of nitrogens with one attached hydrogen (secondary N) is 1. The van der Waals surface area contributed by atoms with E-state index in [9.17, 15) is 9.50 Å². The molecular weight excluding hydrogens is 231 g/mol. The van der Waals surface area contributed by atoms with Gasteiger partial charge in [-0.1, -0.05) is 13.3 Å². The van der Waals surface area contributed by atoms with Crippen molar-refractivity contribution in [2.45, 2.75) is 25.8 Å². The van der Waals surface area contributed by atoms with Crippen molar-refractivity contribution in [1.82, 2.24) is 10.2 Å². The summed E-state index contributed by atoms with van der Waals surface area (Å²) in [5.41, 5.74) is 0.721.